The van der Waals surface area contributed by atoms with E-state index >= 15 is 0 Å². The average molecular weight is 385 g/mol. The minimum atomic E-state index is -0.619. The highest BCUT2D eigenvalue weighted by Gasteiger charge is 2.46. The largest absolute Gasteiger partial charge is 0.342 e. The Labute approximate surface area is 161 Å². The van der Waals surface area contributed by atoms with E-state index in [2.05, 4.69) is 10.6 Å². The Morgan fingerprint density at radius 3 is 2.64 bits per heavy atom. The van der Waals surface area contributed by atoms with Gasteiger partial charge in [0.25, 0.3) is 0 Å². The smallest absolute Gasteiger partial charge is 0.246 e. The number of piperazine rings is 1. The molecule has 2 aromatic carbocycles. The summed E-state index contributed by atoms with van der Waals surface area (Å²) in [6, 6.07) is 11.8. The number of nitrogens with one attached hydrogen (secondary N) is 2. The predicted molar refractivity (Wildman–Crippen MR) is 99.2 cm³/mol. The molecule has 2 aromatic rings. The maximum Gasteiger partial charge on any atom is 0.246 e. The van der Waals surface area contributed by atoms with Gasteiger partial charge in [-0.25, -0.2) is 8.78 Å². The summed E-state index contributed by atoms with van der Waals surface area (Å²) >= 11 is 0. The highest BCUT2D eigenvalue weighted by molar-refractivity contribution is 5.97. The molecule has 2 aliphatic rings. The molecule has 0 saturated carbocycles. The number of rotatable bonds is 5. The van der Waals surface area contributed by atoms with E-state index in [0.29, 0.717) is 24.9 Å². The first kappa shape index (κ1) is 18.6. The third kappa shape index (κ3) is 3.75. The Hall–Kier alpha value is -2.80. The number of halogens is 2. The Balaban J connectivity index is 1.39. The van der Waals surface area contributed by atoms with Crippen molar-refractivity contribution in [1.29, 1.82) is 0 Å². The third-order valence-corrected chi connectivity index (χ3v) is 5.38. The molecule has 0 unspecified atom stereocenters. The summed E-state index contributed by atoms with van der Waals surface area (Å²) in [4.78, 5) is 27.0. The van der Waals surface area contributed by atoms with Crippen LogP contribution in [0.5, 0.6) is 0 Å². The van der Waals surface area contributed by atoms with Crippen LogP contribution in [0.2, 0.25) is 0 Å². The van der Waals surface area contributed by atoms with Gasteiger partial charge in [-0.3, -0.25) is 9.59 Å². The number of carbonyl (C=O) groups excluding carboxylic acids is 2. The first-order chi connectivity index (χ1) is 13.5. The number of fused-ring (bicyclic) bond motifs is 1. The quantitative estimate of drug-likeness (QED) is 0.825. The van der Waals surface area contributed by atoms with E-state index in [-0.39, 0.29) is 24.4 Å². The van der Waals surface area contributed by atoms with Crippen molar-refractivity contribution in [3.8, 4) is 0 Å². The molecule has 7 heteroatoms. The summed E-state index contributed by atoms with van der Waals surface area (Å²) in [5.41, 5.74) is 1.34. The predicted octanol–water partition coefficient (Wildman–Crippen LogP) is 1.76. The van der Waals surface area contributed by atoms with Gasteiger partial charge in [-0.1, -0.05) is 36.4 Å². The maximum atomic E-state index is 13.8. The van der Waals surface area contributed by atoms with Gasteiger partial charge in [0.05, 0.1) is 0 Å². The van der Waals surface area contributed by atoms with Crippen molar-refractivity contribution < 1.29 is 18.4 Å². The number of carbonyl (C=O) groups is 2. The van der Waals surface area contributed by atoms with Crippen LogP contribution in [-0.2, 0) is 22.6 Å². The molecular formula is C21H21F2N3O2. The zero-order chi connectivity index (χ0) is 19.7. The van der Waals surface area contributed by atoms with Crippen molar-refractivity contribution in [2.45, 2.75) is 37.5 Å². The fraction of sp³-hybridized carbons (Fsp3) is 0.333. The van der Waals surface area contributed by atoms with Crippen molar-refractivity contribution in [2.75, 3.05) is 6.54 Å². The van der Waals surface area contributed by atoms with Crippen molar-refractivity contribution in [3.63, 3.8) is 0 Å². The lowest BCUT2D eigenvalue weighted by Gasteiger charge is -2.34. The van der Waals surface area contributed by atoms with Crippen molar-refractivity contribution >= 4 is 11.8 Å². The van der Waals surface area contributed by atoms with Gasteiger partial charge in [-0.15, -0.1) is 0 Å². The van der Waals surface area contributed by atoms with Crippen molar-refractivity contribution in [3.05, 3.63) is 71.3 Å². The van der Waals surface area contributed by atoms with Gasteiger partial charge in [-0.05, 0) is 18.1 Å². The van der Waals surface area contributed by atoms with E-state index in [9.17, 15) is 18.4 Å². The lowest BCUT2D eigenvalue weighted by molar-refractivity contribution is -0.147. The molecule has 146 valence electrons. The molecule has 0 aromatic heterocycles. The van der Waals surface area contributed by atoms with E-state index < -0.39 is 23.7 Å². The summed E-state index contributed by atoms with van der Waals surface area (Å²) in [5, 5.41) is 6.02. The first-order valence-corrected chi connectivity index (χ1v) is 9.33. The Kier molecular flexibility index (Phi) is 5.09. The Morgan fingerprint density at radius 1 is 1.11 bits per heavy atom. The van der Waals surface area contributed by atoms with Gasteiger partial charge in [0.2, 0.25) is 11.8 Å². The minimum Gasteiger partial charge on any atom is -0.342 e. The molecule has 2 N–H and O–H groups in total. The summed E-state index contributed by atoms with van der Waals surface area (Å²) in [6.45, 7) is 0.603. The van der Waals surface area contributed by atoms with Crippen LogP contribution in [-0.4, -0.2) is 41.4 Å². The number of hydrogen-bond donors (Lipinski definition) is 2. The van der Waals surface area contributed by atoms with Gasteiger partial charge in [0, 0.05) is 37.2 Å². The molecule has 2 aliphatic heterocycles. The lowest BCUT2D eigenvalue weighted by Crippen LogP contribution is -2.61. The fourth-order valence-corrected chi connectivity index (χ4v) is 3.91. The fourth-order valence-electron chi connectivity index (χ4n) is 3.91. The monoisotopic (exact) mass is 385 g/mol. The molecule has 2 fully saturated rings. The van der Waals surface area contributed by atoms with Crippen LogP contribution in [0.15, 0.2) is 48.5 Å². The molecular weight excluding hydrogens is 364 g/mol. The van der Waals surface area contributed by atoms with Crippen LogP contribution < -0.4 is 10.6 Å². The molecule has 2 heterocycles. The molecule has 2 amide bonds. The molecule has 2 saturated heterocycles. The summed E-state index contributed by atoms with van der Waals surface area (Å²) < 4.78 is 26.8. The molecule has 28 heavy (non-hydrogen) atoms. The van der Waals surface area contributed by atoms with Crippen molar-refractivity contribution in [2.24, 2.45) is 0 Å². The molecule has 0 spiro atoms. The number of benzene rings is 2. The molecule has 5 nitrogen and oxygen atoms in total. The van der Waals surface area contributed by atoms with Gasteiger partial charge in [-0.2, -0.15) is 0 Å². The van der Waals surface area contributed by atoms with E-state index in [1.165, 1.54) is 12.1 Å². The van der Waals surface area contributed by atoms with Crippen LogP contribution in [0.4, 0.5) is 8.78 Å². The van der Waals surface area contributed by atoms with Crippen LogP contribution in [0.25, 0.3) is 0 Å². The zero-order valence-electron chi connectivity index (χ0n) is 15.2. The van der Waals surface area contributed by atoms with Crippen LogP contribution in [0.1, 0.15) is 17.5 Å². The topological polar surface area (TPSA) is 61.4 Å². The number of nitrogens with zero attached hydrogens (tertiary/aromatic N) is 1. The Bertz CT molecular complexity index is 890. The number of amides is 2. The molecule has 4 rings (SSSR count). The second kappa shape index (κ2) is 7.67. The second-order valence-electron chi connectivity index (χ2n) is 7.31. The van der Waals surface area contributed by atoms with Crippen LogP contribution in [0.3, 0.4) is 0 Å². The van der Waals surface area contributed by atoms with E-state index in [1.54, 1.807) is 4.90 Å². The van der Waals surface area contributed by atoms with Crippen LogP contribution in [0, 0.1) is 11.6 Å². The summed E-state index contributed by atoms with van der Waals surface area (Å²) in [6.07, 6.45) is 0.923. The highest BCUT2D eigenvalue weighted by atomic mass is 19.1. The van der Waals surface area contributed by atoms with Crippen molar-refractivity contribution in [1.82, 2.24) is 15.5 Å². The molecule has 0 radical (unpaired) electrons. The normalized spacial score (nSPS) is 24.2. The standard InChI is InChI=1S/C21H21F2N3O2/c22-15-7-6-14(17(23)9-15)11-24-16-10-19-20(27)25-18(21(28)26(19)12-16)8-13-4-2-1-3-5-13/h1-7,9,16,18-19,24H,8,10-12H2,(H,25,27)/t16-,18-,19-/m0/s1. The first-order valence-electron chi connectivity index (χ1n) is 9.33. The minimum absolute atomic E-state index is 0.0919. The van der Waals surface area contributed by atoms with E-state index in [1.807, 2.05) is 30.3 Å². The van der Waals surface area contributed by atoms with Gasteiger partial charge in [0.15, 0.2) is 0 Å². The Morgan fingerprint density at radius 2 is 1.89 bits per heavy atom. The van der Waals surface area contributed by atoms with E-state index in [0.717, 1.165) is 11.6 Å². The molecule has 0 bridgehead atoms. The molecule has 0 aliphatic carbocycles. The average Bonchev–Trinajstić information content (AvgIpc) is 3.11. The summed E-state index contributed by atoms with van der Waals surface area (Å²) in [5.74, 6) is -1.48. The second-order valence-corrected chi connectivity index (χ2v) is 7.31. The highest BCUT2D eigenvalue weighted by Crippen LogP contribution is 2.24. The lowest BCUT2D eigenvalue weighted by atomic mass is 10.0. The van der Waals surface area contributed by atoms with Gasteiger partial charge < -0.3 is 15.5 Å². The van der Waals surface area contributed by atoms with E-state index in [4.69, 9.17) is 0 Å². The van der Waals surface area contributed by atoms with Gasteiger partial charge in [0.1, 0.15) is 23.7 Å². The summed E-state index contributed by atoms with van der Waals surface area (Å²) in [7, 11) is 0. The molecule has 3 atom stereocenters. The maximum absolute atomic E-state index is 13.8. The third-order valence-electron chi connectivity index (χ3n) is 5.38. The SMILES string of the molecule is O=C1N[C@@H](Cc2ccccc2)C(=O)N2C[C@@H](NCc3ccc(F)cc3F)C[C@@H]12. The zero-order valence-corrected chi connectivity index (χ0v) is 15.2. The van der Waals surface area contributed by atoms with Gasteiger partial charge >= 0.3 is 0 Å². The number of hydrogen-bond acceptors (Lipinski definition) is 3. The van der Waals surface area contributed by atoms with Crippen LogP contribution >= 0.6 is 0 Å².